The molecular weight excluding hydrogens is 188 g/mol. The molecule has 1 fully saturated rings. The zero-order valence-corrected chi connectivity index (χ0v) is 9.78. The molecule has 1 aliphatic rings. The number of ether oxygens (including phenoxy) is 2. The van der Waals surface area contributed by atoms with Gasteiger partial charge in [-0.1, -0.05) is 29.8 Å². The lowest BCUT2D eigenvalue weighted by Gasteiger charge is -2.23. The summed E-state index contributed by atoms with van der Waals surface area (Å²) in [4.78, 5) is 0. The standard InChI is InChI=1S/C13H18O2/c1-9-5-7-12(8-6-9)13(4)14-10(2)11(3)15-13/h5-8,10-11H,1-4H3/t10-,11-/m0/s1. The summed E-state index contributed by atoms with van der Waals surface area (Å²) >= 11 is 0. The van der Waals surface area contributed by atoms with Crippen molar-refractivity contribution in [2.75, 3.05) is 0 Å². The first-order valence-corrected chi connectivity index (χ1v) is 5.44. The van der Waals surface area contributed by atoms with Crippen LogP contribution in [0.4, 0.5) is 0 Å². The second-order valence-electron chi connectivity index (χ2n) is 4.46. The monoisotopic (exact) mass is 206 g/mol. The highest BCUT2D eigenvalue weighted by atomic mass is 16.8. The molecule has 0 amide bonds. The Hall–Kier alpha value is -0.860. The maximum atomic E-state index is 5.86. The third-order valence-electron chi connectivity index (χ3n) is 3.06. The molecule has 1 aliphatic heterocycles. The summed E-state index contributed by atoms with van der Waals surface area (Å²) in [6.45, 7) is 8.15. The Morgan fingerprint density at radius 1 is 1.00 bits per heavy atom. The molecule has 0 radical (unpaired) electrons. The molecule has 1 aromatic rings. The summed E-state index contributed by atoms with van der Waals surface area (Å²) in [5.74, 6) is -0.577. The molecule has 0 N–H and O–H groups in total. The number of rotatable bonds is 1. The highest BCUT2D eigenvalue weighted by molar-refractivity contribution is 5.25. The van der Waals surface area contributed by atoms with Gasteiger partial charge in [0.05, 0.1) is 12.2 Å². The summed E-state index contributed by atoms with van der Waals surface area (Å²) < 4.78 is 11.7. The van der Waals surface area contributed by atoms with E-state index in [-0.39, 0.29) is 12.2 Å². The van der Waals surface area contributed by atoms with Crippen LogP contribution in [0.2, 0.25) is 0 Å². The summed E-state index contributed by atoms with van der Waals surface area (Å²) in [6.07, 6.45) is 0.299. The van der Waals surface area contributed by atoms with E-state index in [0.29, 0.717) is 0 Å². The average molecular weight is 206 g/mol. The predicted molar refractivity (Wildman–Crippen MR) is 59.6 cm³/mol. The highest BCUT2D eigenvalue weighted by Crippen LogP contribution is 2.36. The number of benzene rings is 1. The highest BCUT2D eigenvalue weighted by Gasteiger charge is 2.41. The SMILES string of the molecule is Cc1ccc(C2(C)O[C@@H](C)[C@H](C)O2)cc1. The Bertz CT molecular complexity index is 332. The van der Waals surface area contributed by atoms with Crippen molar-refractivity contribution in [3.05, 3.63) is 35.4 Å². The van der Waals surface area contributed by atoms with Gasteiger partial charge in [0.1, 0.15) is 0 Å². The third kappa shape index (κ3) is 1.92. The summed E-state index contributed by atoms with van der Waals surface area (Å²) in [7, 11) is 0. The molecule has 0 aromatic heterocycles. The molecule has 2 nitrogen and oxygen atoms in total. The van der Waals surface area contributed by atoms with Gasteiger partial charge in [-0.2, -0.15) is 0 Å². The normalized spacial score (nSPS) is 29.3. The van der Waals surface area contributed by atoms with Gasteiger partial charge < -0.3 is 9.47 Å². The van der Waals surface area contributed by atoms with Gasteiger partial charge in [0.25, 0.3) is 0 Å². The van der Waals surface area contributed by atoms with Gasteiger partial charge in [0, 0.05) is 5.56 Å². The first-order valence-electron chi connectivity index (χ1n) is 5.44. The molecule has 0 unspecified atom stereocenters. The van der Waals surface area contributed by atoms with Crippen molar-refractivity contribution in [2.45, 2.75) is 45.7 Å². The molecule has 1 heterocycles. The van der Waals surface area contributed by atoms with Crippen molar-refractivity contribution < 1.29 is 9.47 Å². The average Bonchev–Trinajstić information content (AvgIpc) is 2.43. The molecule has 1 aromatic carbocycles. The fourth-order valence-corrected chi connectivity index (χ4v) is 1.92. The molecule has 0 saturated carbocycles. The Kier molecular flexibility index (Phi) is 2.57. The molecule has 1 saturated heterocycles. The Morgan fingerprint density at radius 3 is 1.93 bits per heavy atom. The smallest absolute Gasteiger partial charge is 0.192 e. The number of aryl methyl sites for hydroxylation is 1. The van der Waals surface area contributed by atoms with Crippen molar-refractivity contribution in [1.29, 1.82) is 0 Å². The van der Waals surface area contributed by atoms with Crippen molar-refractivity contribution in [3.63, 3.8) is 0 Å². The van der Waals surface area contributed by atoms with Crippen LogP contribution in [0.1, 0.15) is 31.9 Å². The van der Waals surface area contributed by atoms with E-state index in [1.807, 2.05) is 20.8 Å². The van der Waals surface area contributed by atoms with Crippen LogP contribution >= 0.6 is 0 Å². The number of hydrogen-bond donors (Lipinski definition) is 0. The Labute approximate surface area is 91.2 Å². The van der Waals surface area contributed by atoms with Crippen molar-refractivity contribution in [1.82, 2.24) is 0 Å². The zero-order chi connectivity index (χ0) is 11.1. The molecule has 0 bridgehead atoms. The maximum absolute atomic E-state index is 5.86. The predicted octanol–water partition coefficient (Wildman–Crippen LogP) is 2.99. The molecule has 15 heavy (non-hydrogen) atoms. The summed E-state index contributed by atoms with van der Waals surface area (Å²) in [6, 6.07) is 8.31. The quantitative estimate of drug-likeness (QED) is 0.703. The van der Waals surface area contributed by atoms with Crippen LogP contribution in [0, 0.1) is 6.92 Å². The van der Waals surface area contributed by atoms with Gasteiger partial charge >= 0.3 is 0 Å². The van der Waals surface area contributed by atoms with E-state index in [1.165, 1.54) is 5.56 Å². The van der Waals surface area contributed by atoms with Gasteiger partial charge in [-0.15, -0.1) is 0 Å². The molecule has 82 valence electrons. The third-order valence-corrected chi connectivity index (χ3v) is 3.06. The van der Waals surface area contributed by atoms with Crippen molar-refractivity contribution in [2.24, 2.45) is 0 Å². The first kappa shape index (κ1) is 10.7. The van der Waals surface area contributed by atoms with Crippen LogP contribution in [0.3, 0.4) is 0 Å². The molecule has 0 aliphatic carbocycles. The van der Waals surface area contributed by atoms with E-state index >= 15 is 0 Å². The van der Waals surface area contributed by atoms with E-state index in [4.69, 9.17) is 9.47 Å². The lowest BCUT2D eigenvalue weighted by molar-refractivity contribution is -0.166. The maximum Gasteiger partial charge on any atom is 0.192 e. The molecule has 2 atom stereocenters. The number of hydrogen-bond acceptors (Lipinski definition) is 2. The minimum absolute atomic E-state index is 0.149. The van der Waals surface area contributed by atoms with Crippen LogP contribution < -0.4 is 0 Å². The van der Waals surface area contributed by atoms with Gasteiger partial charge in [-0.25, -0.2) is 0 Å². The fraction of sp³-hybridized carbons (Fsp3) is 0.538. The fourth-order valence-electron chi connectivity index (χ4n) is 1.92. The molecule has 2 rings (SSSR count). The minimum Gasteiger partial charge on any atom is -0.340 e. The zero-order valence-electron chi connectivity index (χ0n) is 9.78. The topological polar surface area (TPSA) is 18.5 Å². The Balaban J connectivity index is 2.27. The lowest BCUT2D eigenvalue weighted by atomic mass is 10.1. The van der Waals surface area contributed by atoms with Crippen LogP contribution in [0.15, 0.2) is 24.3 Å². The first-order chi connectivity index (χ1) is 7.01. The Morgan fingerprint density at radius 2 is 1.47 bits per heavy atom. The largest absolute Gasteiger partial charge is 0.340 e. The minimum atomic E-state index is -0.577. The second-order valence-corrected chi connectivity index (χ2v) is 4.46. The van der Waals surface area contributed by atoms with E-state index in [1.54, 1.807) is 0 Å². The van der Waals surface area contributed by atoms with Crippen LogP contribution in [-0.4, -0.2) is 12.2 Å². The van der Waals surface area contributed by atoms with Crippen LogP contribution in [0.5, 0.6) is 0 Å². The summed E-state index contributed by atoms with van der Waals surface area (Å²) in [5, 5.41) is 0. The van der Waals surface area contributed by atoms with Gasteiger partial charge in [0.15, 0.2) is 5.79 Å². The second kappa shape index (κ2) is 3.62. The molecule has 2 heteroatoms. The van der Waals surface area contributed by atoms with E-state index < -0.39 is 5.79 Å². The van der Waals surface area contributed by atoms with Crippen LogP contribution in [0.25, 0.3) is 0 Å². The van der Waals surface area contributed by atoms with E-state index in [9.17, 15) is 0 Å². The molecular formula is C13H18O2. The summed E-state index contributed by atoms with van der Waals surface area (Å²) in [5.41, 5.74) is 2.34. The van der Waals surface area contributed by atoms with Gasteiger partial charge in [-0.05, 0) is 27.7 Å². The van der Waals surface area contributed by atoms with E-state index in [2.05, 4.69) is 31.2 Å². The molecule has 0 spiro atoms. The van der Waals surface area contributed by atoms with Gasteiger partial charge in [-0.3, -0.25) is 0 Å². The van der Waals surface area contributed by atoms with Crippen molar-refractivity contribution in [3.8, 4) is 0 Å². The van der Waals surface area contributed by atoms with Crippen LogP contribution in [-0.2, 0) is 15.3 Å². The van der Waals surface area contributed by atoms with Gasteiger partial charge in [0.2, 0.25) is 0 Å². The van der Waals surface area contributed by atoms with E-state index in [0.717, 1.165) is 5.56 Å². The van der Waals surface area contributed by atoms with Crippen molar-refractivity contribution >= 4 is 0 Å². The lowest BCUT2D eigenvalue weighted by Crippen LogP contribution is -2.23.